The van der Waals surface area contributed by atoms with E-state index in [0.29, 0.717) is 13.0 Å². The van der Waals surface area contributed by atoms with Crippen LogP contribution in [0.1, 0.15) is 19.3 Å². The average Bonchev–Trinajstić information content (AvgIpc) is 2.22. The van der Waals surface area contributed by atoms with Crippen LogP contribution in [0.15, 0.2) is 0 Å². The highest BCUT2D eigenvalue weighted by atomic mass is 16.4. The van der Waals surface area contributed by atoms with Crippen molar-refractivity contribution in [3.8, 4) is 0 Å². The van der Waals surface area contributed by atoms with E-state index < -0.39 is 36.4 Å². The molecule has 0 aliphatic heterocycles. The van der Waals surface area contributed by atoms with Gasteiger partial charge in [-0.1, -0.05) is 0 Å². The Kier molecular flexibility index (Phi) is 6.83. The van der Waals surface area contributed by atoms with Crippen LogP contribution in [-0.2, 0) is 14.4 Å². The molecule has 98 valence electrons. The molecule has 8 heteroatoms. The predicted molar refractivity (Wildman–Crippen MR) is 58.1 cm³/mol. The second-order valence-corrected chi connectivity index (χ2v) is 3.53. The molecule has 1 amide bonds. The lowest BCUT2D eigenvalue weighted by molar-refractivity contribution is -0.142. The molecule has 0 rings (SSSR count). The summed E-state index contributed by atoms with van der Waals surface area (Å²) in [5.74, 6) is -3.22. The monoisotopic (exact) mass is 247 g/mol. The highest BCUT2D eigenvalue weighted by Gasteiger charge is 2.23. The van der Waals surface area contributed by atoms with Crippen molar-refractivity contribution < 1.29 is 24.6 Å². The van der Waals surface area contributed by atoms with Crippen molar-refractivity contribution in [1.29, 1.82) is 0 Å². The molecular formula is C9H17N3O5. The molecule has 0 saturated carbocycles. The molecule has 0 saturated heterocycles. The minimum Gasteiger partial charge on any atom is -0.481 e. The van der Waals surface area contributed by atoms with Gasteiger partial charge in [-0.05, 0) is 19.4 Å². The first-order valence-corrected chi connectivity index (χ1v) is 5.09. The molecule has 0 aromatic rings. The third-order valence-corrected chi connectivity index (χ3v) is 2.04. The van der Waals surface area contributed by atoms with Gasteiger partial charge < -0.3 is 27.0 Å². The van der Waals surface area contributed by atoms with Gasteiger partial charge in [0, 0.05) is 0 Å². The first-order valence-electron chi connectivity index (χ1n) is 5.09. The SMILES string of the molecule is NCCC[C@@H](NC(=O)[C@@H](N)CC(=O)O)C(=O)O. The predicted octanol–water partition coefficient (Wildman–Crippen LogP) is -1.90. The average molecular weight is 247 g/mol. The van der Waals surface area contributed by atoms with E-state index in [0.717, 1.165) is 0 Å². The molecule has 0 unspecified atom stereocenters. The van der Waals surface area contributed by atoms with Crippen molar-refractivity contribution >= 4 is 17.8 Å². The zero-order chi connectivity index (χ0) is 13.4. The van der Waals surface area contributed by atoms with Crippen molar-refractivity contribution in [1.82, 2.24) is 5.32 Å². The topological polar surface area (TPSA) is 156 Å². The molecule has 7 N–H and O–H groups in total. The van der Waals surface area contributed by atoms with Crippen LogP contribution in [0, 0.1) is 0 Å². The number of carboxylic acid groups (broad SMARTS) is 2. The molecule has 8 nitrogen and oxygen atoms in total. The number of aliphatic carboxylic acids is 2. The van der Waals surface area contributed by atoms with E-state index >= 15 is 0 Å². The number of hydrogen-bond donors (Lipinski definition) is 5. The largest absolute Gasteiger partial charge is 0.481 e. The summed E-state index contributed by atoms with van der Waals surface area (Å²) in [6, 6.07) is -2.35. The van der Waals surface area contributed by atoms with Crippen molar-refractivity contribution in [2.24, 2.45) is 11.5 Å². The van der Waals surface area contributed by atoms with Crippen molar-refractivity contribution in [2.45, 2.75) is 31.3 Å². The Morgan fingerprint density at radius 3 is 2.24 bits per heavy atom. The lowest BCUT2D eigenvalue weighted by Crippen LogP contribution is -2.49. The molecule has 0 aliphatic rings. The highest BCUT2D eigenvalue weighted by Crippen LogP contribution is 1.98. The van der Waals surface area contributed by atoms with Gasteiger partial charge in [0.2, 0.25) is 5.91 Å². The van der Waals surface area contributed by atoms with Crippen LogP contribution in [0.25, 0.3) is 0 Å². The number of carboxylic acids is 2. The number of hydrogen-bond acceptors (Lipinski definition) is 5. The Morgan fingerprint density at radius 1 is 1.24 bits per heavy atom. The molecule has 17 heavy (non-hydrogen) atoms. The van der Waals surface area contributed by atoms with E-state index in [-0.39, 0.29) is 6.42 Å². The molecule has 0 heterocycles. The van der Waals surface area contributed by atoms with E-state index in [1.807, 2.05) is 0 Å². The Balaban J connectivity index is 4.29. The smallest absolute Gasteiger partial charge is 0.326 e. The van der Waals surface area contributed by atoms with Crippen LogP contribution in [0.4, 0.5) is 0 Å². The summed E-state index contributed by atoms with van der Waals surface area (Å²) < 4.78 is 0. The zero-order valence-electron chi connectivity index (χ0n) is 9.26. The van der Waals surface area contributed by atoms with E-state index in [2.05, 4.69) is 5.32 Å². The normalized spacial score (nSPS) is 13.8. The Bertz CT molecular complexity index is 294. The van der Waals surface area contributed by atoms with Gasteiger partial charge in [0.15, 0.2) is 0 Å². The van der Waals surface area contributed by atoms with E-state index in [4.69, 9.17) is 21.7 Å². The molecule has 0 bridgehead atoms. The third kappa shape index (κ3) is 6.48. The fourth-order valence-electron chi connectivity index (χ4n) is 1.14. The lowest BCUT2D eigenvalue weighted by atomic mass is 10.1. The van der Waals surface area contributed by atoms with E-state index in [9.17, 15) is 14.4 Å². The zero-order valence-corrected chi connectivity index (χ0v) is 9.26. The summed E-state index contributed by atoms with van der Waals surface area (Å²) in [7, 11) is 0. The summed E-state index contributed by atoms with van der Waals surface area (Å²) >= 11 is 0. The van der Waals surface area contributed by atoms with Gasteiger partial charge in [-0.2, -0.15) is 0 Å². The van der Waals surface area contributed by atoms with Crippen LogP contribution < -0.4 is 16.8 Å². The molecule has 0 fully saturated rings. The van der Waals surface area contributed by atoms with Gasteiger partial charge >= 0.3 is 11.9 Å². The van der Waals surface area contributed by atoms with Crippen LogP contribution >= 0.6 is 0 Å². The molecule has 0 aliphatic carbocycles. The number of carbonyl (C=O) groups excluding carboxylic acids is 1. The summed E-state index contributed by atoms with van der Waals surface area (Å²) in [4.78, 5) is 32.4. The van der Waals surface area contributed by atoms with E-state index in [1.165, 1.54) is 0 Å². The Morgan fingerprint density at radius 2 is 1.82 bits per heavy atom. The van der Waals surface area contributed by atoms with Crippen LogP contribution in [0.2, 0.25) is 0 Å². The van der Waals surface area contributed by atoms with Gasteiger partial charge in [0.1, 0.15) is 6.04 Å². The minimum atomic E-state index is -1.26. The van der Waals surface area contributed by atoms with Crippen molar-refractivity contribution in [2.75, 3.05) is 6.54 Å². The maximum absolute atomic E-state index is 11.4. The summed E-state index contributed by atoms with van der Waals surface area (Å²) in [6.45, 7) is 0.306. The standard InChI is InChI=1S/C9H17N3O5/c10-3-1-2-6(9(16)17)12-8(15)5(11)4-7(13)14/h5-6H,1-4,10-11H2,(H,12,15)(H,13,14)(H,16,17)/t5-,6+/m0/s1. The second-order valence-electron chi connectivity index (χ2n) is 3.53. The Hall–Kier alpha value is -1.67. The highest BCUT2D eigenvalue weighted by molar-refractivity contribution is 5.89. The molecule has 0 aromatic carbocycles. The van der Waals surface area contributed by atoms with Crippen LogP contribution in [0.3, 0.4) is 0 Å². The molecule has 0 radical (unpaired) electrons. The molecule has 2 atom stereocenters. The number of rotatable bonds is 8. The first kappa shape index (κ1) is 15.3. The first-order chi connectivity index (χ1) is 7.88. The van der Waals surface area contributed by atoms with Gasteiger partial charge in [-0.15, -0.1) is 0 Å². The van der Waals surface area contributed by atoms with E-state index in [1.54, 1.807) is 0 Å². The van der Waals surface area contributed by atoms with Crippen LogP contribution in [0.5, 0.6) is 0 Å². The Labute approximate surface area is 98.0 Å². The summed E-state index contributed by atoms with van der Waals surface area (Å²) in [6.07, 6.45) is 0.0673. The van der Waals surface area contributed by atoms with Gasteiger partial charge in [-0.3, -0.25) is 9.59 Å². The van der Waals surface area contributed by atoms with Crippen molar-refractivity contribution in [3.63, 3.8) is 0 Å². The maximum Gasteiger partial charge on any atom is 0.326 e. The quantitative estimate of drug-likeness (QED) is 0.335. The lowest BCUT2D eigenvalue weighted by Gasteiger charge is -2.16. The number of nitrogens with two attached hydrogens (primary N) is 2. The summed E-state index contributed by atoms with van der Waals surface area (Å²) in [5, 5.41) is 19.4. The molecular weight excluding hydrogens is 230 g/mol. The van der Waals surface area contributed by atoms with Gasteiger partial charge in [-0.25, -0.2) is 4.79 Å². The molecule has 0 spiro atoms. The second kappa shape index (κ2) is 7.58. The fourth-order valence-corrected chi connectivity index (χ4v) is 1.14. The number of amides is 1. The van der Waals surface area contributed by atoms with Gasteiger partial charge in [0.25, 0.3) is 0 Å². The number of carbonyl (C=O) groups is 3. The van der Waals surface area contributed by atoms with Crippen LogP contribution in [-0.4, -0.2) is 46.7 Å². The summed E-state index contributed by atoms with van der Waals surface area (Å²) in [5.41, 5.74) is 10.5. The van der Waals surface area contributed by atoms with Gasteiger partial charge in [0.05, 0.1) is 12.5 Å². The van der Waals surface area contributed by atoms with Crippen molar-refractivity contribution in [3.05, 3.63) is 0 Å². The maximum atomic E-state index is 11.4. The minimum absolute atomic E-state index is 0.178. The molecule has 0 aromatic heterocycles. The number of nitrogens with one attached hydrogen (secondary N) is 1. The fraction of sp³-hybridized carbons (Fsp3) is 0.667. The third-order valence-electron chi connectivity index (χ3n) is 2.04.